The molecule has 0 saturated carbocycles. The second-order valence-corrected chi connectivity index (χ2v) is 2.31. The molecule has 0 heterocycles. The van der Waals surface area contributed by atoms with Crippen LogP contribution in [0.4, 0.5) is 0 Å². The summed E-state index contributed by atoms with van der Waals surface area (Å²) in [5.41, 5.74) is 5.33. The second kappa shape index (κ2) is 5.50. The molecule has 1 unspecified atom stereocenters. The smallest absolute Gasteiger partial charge is 0.317 e. The highest BCUT2D eigenvalue weighted by atomic mass is 16.4. The molecule has 0 aromatic rings. The van der Waals surface area contributed by atoms with Crippen LogP contribution in [-0.4, -0.2) is 34.9 Å². The topological polar surface area (TPSA) is 113 Å². The van der Waals surface area contributed by atoms with Gasteiger partial charge in [-0.05, 0) is 6.42 Å². The molecule has 0 saturated heterocycles. The molecule has 0 fully saturated rings. The Morgan fingerprint density at radius 1 is 1.33 bits per heavy atom. The summed E-state index contributed by atoms with van der Waals surface area (Å²) in [6.45, 7) is -0.249. The number of nitrogens with one attached hydrogen (secondary N) is 1. The van der Waals surface area contributed by atoms with Gasteiger partial charge in [0.05, 0.1) is 12.7 Å². The lowest BCUT2D eigenvalue weighted by atomic mass is 10.2. The lowest BCUT2D eigenvalue weighted by Gasteiger charge is -2.09. The third-order valence-corrected chi connectivity index (χ3v) is 1.18. The molecular weight excluding hydrogens is 164 g/mol. The van der Waals surface area contributed by atoms with Gasteiger partial charge in [-0.1, -0.05) is 0 Å². The van der Waals surface area contributed by atoms with E-state index in [-0.39, 0.29) is 19.4 Å². The van der Waals surface area contributed by atoms with E-state index in [0.29, 0.717) is 0 Å². The average molecular weight is 176 g/mol. The highest BCUT2D eigenvalue weighted by Crippen LogP contribution is 1.90. The number of hydrogen-bond donors (Lipinski definition) is 4. The molecule has 0 radical (unpaired) electrons. The van der Waals surface area contributed by atoms with Gasteiger partial charge < -0.3 is 15.9 Å². The van der Waals surface area contributed by atoms with Gasteiger partial charge in [-0.15, -0.1) is 0 Å². The van der Waals surface area contributed by atoms with Crippen molar-refractivity contribution in [3.8, 4) is 0 Å². The third kappa shape index (κ3) is 6.97. The van der Waals surface area contributed by atoms with Crippen molar-refractivity contribution in [3.63, 3.8) is 0 Å². The largest absolute Gasteiger partial charge is 0.481 e. The fraction of sp³-hybridized carbons (Fsp3) is 0.667. The summed E-state index contributed by atoms with van der Waals surface area (Å²) in [7, 11) is 0. The van der Waals surface area contributed by atoms with E-state index < -0.39 is 18.1 Å². The van der Waals surface area contributed by atoms with Crippen molar-refractivity contribution in [2.24, 2.45) is 5.73 Å². The van der Waals surface area contributed by atoms with Gasteiger partial charge in [-0.2, -0.15) is 0 Å². The van der Waals surface area contributed by atoms with Crippen LogP contribution < -0.4 is 11.1 Å². The number of aliphatic carboxylic acids is 2. The second-order valence-electron chi connectivity index (χ2n) is 2.31. The molecule has 0 bridgehead atoms. The lowest BCUT2D eigenvalue weighted by Crippen LogP contribution is -2.40. The zero-order valence-electron chi connectivity index (χ0n) is 6.49. The van der Waals surface area contributed by atoms with Gasteiger partial charge in [0.1, 0.15) is 0 Å². The maximum atomic E-state index is 10.0. The minimum Gasteiger partial charge on any atom is -0.481 e. The number of carbonyl (C=O) groups is 2. The van der Waals surface area contributed by atoms with Gasteiger partial charge in [0.15, 0.2) is 0 Å². The summed E-state index contributed by atoms with van der Waals surface area (Å²) in [6.07, 6.45) is -0.409. The van der Waals surface area contributed by atoms with E-state index in [4.69, 9.17) is 15.9 Å². The van der Waals surface area contributed by atoms with Crippen LogP contribution in [0.15, 0.2) is 0 Å². The maximum absolute atomic E-state index is 10.0. The Balaban J connectivity index is 3.39. The Labute approximate surface area is 69.4 Å². The summed E-state index contributed by atoms with van der Waals surface area (Å²) in [4.78, 5) is 20.0. The van der Waals surface area contributed by atoms with Crippen LogP contribution >= 0.6 is 0 Å². The van der Waals surface area contributed by atoms with Crippen molar-refractivity contribution >= 4 is 11.9 Å². The molecule has 0 aromatic carbocycles. The Kier molecular flexibility index (Phi) is 4.98. The van der Waals surface area contributed by atoms with Gasteiger partial charge in [0.25, 0.3) is 0 Å². The van der Waals surface area contributed by atoms with Crippen molar-refractivity contribution in [1.29, 1.82) is 0 Å². The molecule has 0 aliphatic carbocycles. The first-order valence-corrected chi connectivity index (χ1v) is 3.45. The van der Waals surface area contributed by atoms with E-state index in [1.165, 1.54) is 0 Å². The summed E-state index contributed by atoms with van der Waals surface area (Å²) in [5.74, 6) is -1.96. The number of hydrogen-bond acceptors (Lipinski definition) is 4. The fourth-order valence-corrected chi connectivity index (χ4v) is 0.599. The number of carboxylic acid groups (broad SMARTS) is 2. The molecule has 0 aliphatic heterocycles. The van der Waals surface area contributed by atoms with Gasteiger partial charge in [0, 0.05) is 6.42 Å². The highest BCUT2D eigenvalue weighted by molar-refractivity contribution is 5.69. The van der Waals surface area contributed by atoms with Crippen molar-refractivity contribution in [2.45, 2.75) is 19.0 Å². The van der Waals surface area contributed by atoms with E-state index in [9.17, 15) is 9.59 Å². The van der Waals surface area contributed by atoms with E-state index in [0.717, 1.165) is 0 Å². The Morgan fingerprint density at radius 3 is 2.33 bits per heavy atom. The SMILES string of the molecule is NC(CCC(=O)O)NCC(=O)O. The van der Waals surface area contributed by atoms with Crippen LogP contribution in [0.25, 0.3) is 0 Å². The molecule has 0 amide bonds. The summed E-state index contributed by atoms with van der Waals surface area (Å²) in [5, 5.41) is 18.9. The standard InChI is InChI=1S/C6H12N2O4/c7-4(1-2-5(9)10)8-3-6(11)12/h4,8H,1-3,7H2,(H,9,10)(H,11,12). The van der Waals surface area contributed by atoms with E-state index in [1.54, 1.807) is 0 Å². The fourth-order valence-electron chi connectivity index (χ4n) is 0.599. The van der Waals surface area contributed by atoms with Gasteiger partial charge >= 0.3 is 11.9 Å². The van der Waals surface area contributed by atoms with Gasteiger partial charge in [-0.3, -0.25) is 14.9 Å². The molecule has 70 valence electrons. The molecule has 0 rings (SSSR count). The molecule has 6 heteroatoms. The van der Waals surface area contributed by atoms with Crippen LogP contribution in [0.5, 0.6) is 0 Å². The molecule has 6 nitrogen and oxygen atoms in total. The highest BCUT2D eigenvalue weighted by Gasteiger charge is 2.06. The molecule has 5 N–H and O–H groups in total. The van der Waals surface area contributed by atoms with Crippen molar-refractivity contribution < 1.29 is 19.8 Å². The van der Waals surface area contributed by atoms with Crippen LogP contribution in [0.2, 0.25) is 0 Å². The van der Waals surface area contributed by atoms with Crippen LogP contribution in [-0.2, 0) is 9.59 Å². The minimum absolute atomic E-state index is 0.0617. The van der Waals surface area contributed by atoms with E-state index >= 15 is 0 Å². The van der Waals surface area contributed by atoms with Crippen molar-refractivity contribution in [3.05, 3.63) is 0 Å². The lowest BCUT2D eigenvalue weighted by molar-refractivity contribution is -0.137. The van der Waals surface area contributed by atoms with Crippen LogP contribution in [0.3, 0.4) is 0 Å². The van der Waals surface area contributed by atoms with E-state index in [1.807, 2.05) is 0 Å². The first-order chi connectivity index (χ1) is 5.52. The molecule has 0 spiro atoms. The molecule has 0 aromatic heterocycles. The average Bonchev–Trinajstić information content (AvgIpc) is 1.96. The Bertz CT molecular complexity index is 153. The molecule has 1 atom stereocenters. The maximum Gasteiger partial charge on any atom is 0.317 e. The van der Waals surface area contributed by atoms with Crippen molar-refractivity contribution in [2.75, 3.05) is 6.54 Å². The summed E-state index contributed by atoms with van der Waals surface area (Å²) < 4.78 is 0. The molecule has 12 heavy (non-hydrogen) atoms. The first-order valence-electron chi connectivity index (χ1n) is 3.45. The minimum atomic E-state index is -1.01. The van der Waals surface area contributed by atoms with E-state index in [2.05, 4.69) is 5.32 Å². The quantitative estimate of drug-likeness (QED) is 0.378. The Morgan fingerprint density at radius 2 is 1.92 bits per heavy atom. The zero-order valence-corrected chi connectivity index (χ0v) is 6.49. The van der Waals surface area contributed by atoms with Crippen LogP contribution in [0, 0.1) is 0 Å². The summed E-state index contributed by atoms with van der Waals surface area (Å²) >= 11 is 0. The third-order valence-electron chi connectivity index (χ3n) is 1.18. The van der Waals surface area contributed by atoms with Gasteiger partial charge in [-0.25, -0.2) is 0 Å². The predicted molar refractivity (Wildman–Crippen MR) is 40.5 cm³/mol. The Hall–Kier alpha value is -1.14. The van der Waals surface area contributed by atoms with Crippen molar-refractivity contribution in [1.82, 2.24) is 5.32 Å². The zero-order chi connectivity index (χ0) is 9.56. The normalized spacial score (nSPS) is 12.4. The number of nitrogens with two attached hydrogens (primary N) is 1. The monoisotopic (exact) mass is 176 g/mol. The van der Waals surface area contributed by atoms with Gasteiger partial charge in [0.2, 0.25) is 0 Å². The molecule has 0 aliphatic rings. The number of rotatable bonds is 6. The number of carboxylic acids is 2. The predicted octanol–water partition coefficient (Wildman–Crippen LogP) is -1.19. The summed E-state index contributed by atoms with van der Waals surface area (Å²) in [6, 6.07) is 0. The van der Waals surface area contributed by atoms with Crippen LogP contribution in [0.1, 0.15) is 12.8 Å². The first kappa shape index (κ1) is 10.9. The molecular formula is C6H12N2O4.